The number of unbranched alkanes of at least 4 members (excludes halogenated alkanes) is 1. The summed E-state index contributed by atoms with van der Waals surface area (Å²) in [4.78, 5) is 12.0. The molecule has 0 spiro atoms. The van der Waals surface area contributed by atoms with Crippen LogP contribution in [0.4, 0.5) is 0 Å². The van der Waals surface area contributed by atoms with Gasteiger partial charge in [0.05, 0.1) is 13.2 Å². The fraction of sp³-hybridized carbons (Fsp3) is 0.500. The topological polar surface area (TPSA) is 61.6 Å². The summed E-state index contributed by atoms with van der Waals surface area (Å²) in [7, 11) is 0. The van der Waals surface area contributed by atoms with Crippen LogP contribution in [-0.2, 0) is 0 Å². The molecule has 0 amide bonds. The quantitative estimate of drug-likeness (QED) is 0.641. The molecule has 1 aliphatic rings. The molecule has 4 heteroatoms. The summed E-state index contributed by atoms with van der Waals surface area (Å²) in [6.45, 7) is 1.93. The normalized spacial score (nSPS) is 14.1. The Morgan fingerprint density at radius 1 is 1.17 bits per heavy atom. The fourth-order valence-electron chi connectivity index (χ4n) is 1.91. The van der Waals surface area contributed by atoms with E-state index in [-0.39, 0.29) is 5.78 Å². The number of fused-ring (bicyclic) bond motifs is 1. The number of nitrogens with two attached hydrogens (primary N) is 1. The molecule has 1 aromatic rings. The van der Waals surface area contributed by atoms with E-state index in [0.717, 1.165) is 25.0 Å². The molecule has 0 aliphatic carbocycles. The molecule has 0 atom stereocenters. The zero-order chi connectivity index (χ0) is 12.8. The molecule has 0 aromatic heterocycles. The predicted molar refractivity (Wildman–Crippen MR) is 69.3 cm³/mol. The summed E-state index contributed by atoms with van der Waals surface area (Å²) in [6.07, 6.45) is 3.13. The molecule has 18 heavy (non-hydrogen) atoms. The zero-order valence-electron chi connectivity index (χ0n) is 10.5. The van der Waals surface area contributed by atoms with Crippen LogP contribution in [0.2, 0.25) is 0 Å². The maximum atomic E-state index is 12.0. The first-order chi connectivity index (χ1) is 8.81. The van der Waals surface area contributed by atoms with E-state index in [1.165, 1.54) is 0 Å². The second kappa shape index (κ2) is 6.40. The minimum Gasteiger partial charge on any atom is -0.490 e. The molecular formula is C14H19NO3. The minimum absolute atomic E-state index is 0.138. The van der Waals surface area contributed by atoms with Gasteiger partial charge in [0.1, 0.15) is 0 Å². The van der Waals surface area contributed by atoms with Crippen molar-refractivity contribution in [3.63, 3.8) is 0 Å². The number of ether oxygens (including phenoxy) is 2. The van der Waals surface area contributed by atoms with Gasteiger partial charge in [-0.15, -0.1) is 0 Å². The van der Waals surface area contributed by atoms with Crippen LogP contribution >= 0.6 is 0 Å². The van der Waals surface area contributed by atoms with Crippen molar-refractivity contribution in [2.75, 3.05) is 19.8 Å². The monoisotopic (exact) mass is 249 g/mol. The highest BCUT2D eigenvalue weighted by Crippen LogP contribution is 2.30. The average molecular weight is 249 g/mol. The van der Waals surface area contributed by atoms with Crippen molar-refractivity contribution in [2.45, 2.75) is 25.7 Å². The number of rotatable bonds is 5. The van der Waals surface area contributed by atoms with E-state index in [1.54, 1.807) is 12.1 Å². The Bertz CT molecular complexity index is 418. The van der Waals surface area contributed by atoms with E-state index in [4.69, 9.17) is 15.2 Å². The van der Waals surface area contributed by atoms with Crippen LogP contribution in [0.5, 0.6) is 11.5 Å². The molecule has 0 fully saturated rings. The first-order valence-corrected chi connectivity index (χ1v) is 6.44. The van der Waals surface area contributed by atoms with E-state index >= 15 is 0 Å². The second-order valence-corrected chi connectivity index (χ2v) is 4.38. The Kier molecular flexibility index (Phi) is 4.59. The average Bonchev–Trinajstić information content (AvgIpc) is 2.63. The van der Waals surface area contributed by atoms with Gasteiger partial charge in [0, 0.05) is 18.4 Å². The number of ketones is 1. The van der Waals surface area contributed by atoms with Crippen LogP contribution in [0.3, 0.4) is 0 Å². The Morgan fingerprint density at radius 3 is 2.72 bits per heavy atom. The molecular weight excluding hydrogens is 230 g/mol. The van der Waals surface area contributed by atoms with Gasteiger partial charge in [-0.1, -0.05) is 0 Å². The lowest BCUT2D eigenvalue weighted by Crippen LogP contribution is -2.03. The third-order valence-electron chi connectivity index (χ3n) is 2.93. The molecule has 1 aromatic carbocycles. The molecule has 98 valence electrons. The standard InChI is InChI=1S/C14H19NO3/c15-7-2-1-4-12(16)11-5-6-13-14(10-11)18-9-3-8-17-13/h5-6,10H,1-4,7-9,15H2. The number of hydrogen-bond acceptors (Lipinski definition) is 4. The van der Waals surface area contributed by atoms with Gasteiger partial charge in [-0.05, 0) is 37.6 Å². The van der Waals surface area contributed by atoms with Crippen LogP contribution < -0.4 is 15.2 Å². The number of carbonyl (C=O) groups is 1. The summed E-state index contributed by atoms with van der Waals surface area (Å²) >= 11 is 0. The van der Waals surface area contributed by atoms with Gasteiger partial charge in [-0.25, -0.2) is 0 Å². The Balaban J connectivity index is 2.05. The van der Waals surface area contributed by atoms with Gasteiger partial charge in [0.2, 0.25) is 0 Å². The summed E-state index contributed by atoms with van der Waals surface area (Å²) in [5, 5.41) is 0. The molecule has 4 nitrogen and oxygen atoms in total. The highest BCUT2D eigenvalue weighted by Gasteiger charge is 2.13. The van der Waals surface area contributed by atoms with Crippen LogP contribution in [-0.4, -0.2) is 25.5 Å². The van der Waals surface area contributed by atoms with Crippen LogP contribution in [0.25, 0.3) is 0 Å². The summed E-state index contributed by atoms with van der Waals surface area (Å²) in [5.41, 5.74) is 6.11. The van der Waals surface area contributed by atoms with Gasteiger partial charge in [0.15, 0.2) is 17.3 Å². The third-order valence-corrected chi connectivity index (χ3v) is 2.93. The van der Waals surface area contributed by atoms with E-state index in [2.05, 4.69) is 0 Å². The molecule has 0 bridgehead atoms. The minimum atomic E-state index is 0.138. The maximum absolute atomic E-state index is 12.0. The number of hydrogen-bond donors (Lipinski definition) is 1. The molecule has 0 radical (unpaired) electrons. The van der Waals surface area contributed by atoms with E-state index in [0.29, 0.717) is 37.5 Å². The van der Waals surface area contributed by atoms with E-state index < -0.39 is 0 Å². The molecule has 1 aliphatic heterocycles. The van der Waals surface area contributed by atoms with Crippen LogP contribution in [0.1, 0.15) is 36.0 Å². The molecule has 0 unspecified atom stereocenters. The predicted octanol–water partition coefficient (Wildman–Crippen LogP) is 2.16. The van der Waals surface area contributed by atoms with Crippen molar-refractivity contribution >= 4 is 5.78 Å². The third kappa shape index (κ3) is 3.23. The van der Waals surface area contributed by atoms with Crippen molar-refractivity contribution in [2.24, 2.45) is 5.73 Å². The molecule has 0 saturated carbocycles. The van der Waals surface area contributed by atoms with Crippen molar-refractivity contribution < 1.29 is 14.3 Å². The molecule has 2 N–H and O–H groups in total. The smallest absolute Gasteiger partial charge is 0.163 e. The summed E-state index contributed by atoms with van der Waals surface area (Å²) < 4.78 is 11.1. The van der Waals surface area contributed by atoms with Crippen LogP contribution in [0, 0.1) is 0 Å². The first-order valence-electron chi connectivity index (χ1n) is 6.44. The summed E-state index contributed by atoms with van der Waals surface area (Å²) in [5.74, 6) is 1.54. The van der Waals surface area contributed by atoms with Crippen molar-refractivity contribution in [1.29, 1.82) is 0 Å². The Hall–Kier alpha value is -1.55. The molecule has 0 saturated heterocycles. The summed E-state index contributed by atoms with van der Waals surface area (Å²) in [6, 6.07) is 5.40. The number of carbonyl (C=O) groups excluding carboxylic acids is 1. The van der Waals surface area contributed by atoms with Gasteiger partial charge in [0.25, 0.3) is 0 Å². The van der Waals surface area contributed by atoms with Gasteiger partial charge >= 0.3 is 0 Å². The second-order valence-electron chi connectivity index (χ2n) is 4.38. The van der Waals surface area contributed by atoms with Crippen molar-refractivity contribution in [3.8, 4) is 11.5 Å². The Morgan fingerprint density at radius 2 is 1.94 bits per heavy atom. The lowest BCUT2D eigenvalue weighted by Gasteiger charge is -2.08. The zero-order valence-corrected chi connectivity index (χ0v) is 10.5. The highest BCUT2D eigenvalue weighted by molar-refractivity contribution is 5.96. The van der Waals surface area contributed by atoms with Crippen LogP contribution in [0.15, 0.2) is 18.2 Å². The van der Waals surface area contributed by atoms with E-state index in [9.17, 15) is 4.79 Å². The largest absolute Gasteiger partial charge is 0.490 e. The van der Waals surface area contributed by atoms with E-state index in [1.807, 2.05) is 6.07 Å². The Labute approximate surface area is 107 Å². The fourth-order valence-corrected chi connectivity index (χ4v) is 1.91. The molecule has 1 heterocycles. The maximum Gasteiger partial charge on any atom is 0.163 e. The molecule has 2 rings (SSSR count). The lowest BCUT2D eigenvalue weighted by molar-refractivity contribution is 0.0979. The first kappa shape index (κ1) is 12.9. The SMILES string of the molecule is NCCCCC(=O)c1ccc2c(c1)OCCCO2. The lowest BCUT2D eigenvalue weighted by atomic mass is 10.0. The number of benzene rings is 1. The highest BCUT2D eigenvalue weighted by atomic mass is 16.5. The van der Waals surface area contributed by atoms with Gasteiger partial charge in [-0.2, -0.15) is 0 Å². The number of Topliss-reactive ketones (excluding diaryl/α,β-unsaturated/α-hetero) is 1. The van der Waals surface area contributed by atoms with Crippen molar-refractivity contribution in [1.82, 2.24) is 0 Å². The van der Waals surface area contributed by atoms with Gasteiger partial charge in [-0.3, -0.25) is 4.79 Å². The van der Waals surface area contributed by atoms with Gasteiger partial charge < -0.3 is 15.2 Å². The van der Waals surface area contributed by atoms with Crippen molar-refractivity contribution in [3.05, 3.63) is 23.8 Å².